The van der Waals surface area contributed by atoms with Crippen molar-refractivity contribution in [3.63, 3.8) is 0 Å². The maximum atomic E-state index is 13.9. The molecule has 6 heteroatoms. The number of nitrogens with one attached hydrogen (secondary N) is 1. The Bertz CT molecular complexity index is 575. The van der Waals surface area contributed by atoms with Crippen molar-refractivity contribution >= 4 is 11.9 Å². The third-order valence-corrected chi connectivity index (χ3v) is 2.61. The maximum absolute atomic E-state index is 13.9. The summed E-state index contributed by atoms with van der Waals surface area (Å²) in [5.74, 6) is 3.29. The molecule has 0 heterocycles. The van der Waals surface area contributed by atoms with Gasteiger partial charge in [0.25, 0.3) is 0 Å². The third kappa shape index (κ3) is 6.35. The van der Waals surface area contributed by atoms with Gasteiger partial charge in [-0.15, -0.1) is 0 Å². The lowest BCUT2D eigenvalue weighted by atomic mass is 10.1. The van der Waals surface area contributed by atoms with Crippen LogP contribution in [0.3, 0.4) is 0 Å². The average molecular weight is 309 g/mol. The minimum Gasteiger partial charge on any atom is -0.464 e. The standard InChI is InChI=1S/C16H17F2NO3/c1-3-22-16(21)15(19-11(2)20)10-14(18)9-6-12-4-7-13(17)8-5-12/h4-5,7-8,14-15H,3,10H2,1-2H3,(H,19,20)/t14-,15+/m1/s1. The van der Waals surface area contributed by atoms with Crippen molar-refractivity contribution in [1.29, 1.82) is 0 Å². The molecule has 2 atom stereocenters. The zero-order valence-corrected chi connectivity index (χ0v) is 12.4. The summed E-state index contributed by atoms with van der Waals surface area (Å²) in [5.41, 5.74) is 0.455. The molecule has 0 saturated heterocycles. The van der Waals surface area contributed by atoms with Gasteiger partial charge in [0.2, 0.25) is 5.91 Å². The van der Waals surface area contributed by atoms with Crippen molar-refractivity contribution in [2.75, 3.05) is 6.61 Å². The maximum Gasteiger partial charge on any atom is 0.328 e. The summed E-state index contributed by atoms with van der Waals surface area (Å²) < 4.78 is 31.4. The van der Waals surface area contributed by atoms with Gasteiger partial charge in [0.05, 0.1) is 6.61 Å². The van der Waals surface area contributed by atoms with Crippen LogP contribution in [0.15, 0.2) is 24.3 Å². The molecule has 22 heavy (non-hydrogen) atoms. The predicted octanol–water partition coefficient (Wildman–Crippen LogP) is 1.97. The Kier molecular flexibility index (Phi) is 7.03. The fourth-order valence-electron chi connectivity index (χ4n) is 1.66. The monoisotopic (exact) mass is 309 g/mol. The number of halogens is 2. The van der Waals surface area contributed by atoms with Crippen molar-refractivity contribution < 1.29 is 23.1 Å². The molecule has 4 nitrogen and oxygen atoms in total. The van der Waals surface area contributed by atoms with Crippen LogP contribution in [-0.4, -0.2) is 30.7 Å². The number of hydrogen-bond donors (Lipinski definition) is 1. The van der Waals surface area contributed by atoms with Crippen molar-refractivity contribution in [3.05, 3.63) is 35.6 Å². The quantitative estimate of drug-likeness (QED) is 0.668. The summed E-state index contributed by atoms with van der Waals surface area (Å²) >= 11 is 0. The number of benzene rings is 1. The van der Waals surface area contributed by atoms with Gasteiger partial charge in [-0.05, 0) is 31.2 Å². The number of rotatable bonds is 5. The van der Waals surface area contributed by atoms with Crippen LogP contribution in [0.25, 0.3) is 0 Å². The molecule has 0 unspecified atom stereocenters. The van der Waals surface area contributed by atoms with Gasteiger partial charge in [0, 0.05) is 18.9 Å². The Morgan fingerprint density at radius 3 is 2.50 bits per heavy atom. The number of carbonyl (C=O) groups is 2. The van der Waals surface area contributed by atoms with E-state index in [4.69, 9.17) is 4.74 Å². The van der Waals surface area contributed by atoms with E-state index >= 15 is 0 Å². The Morgan fingerprint density at radius 1 is 1.32 bits per heavy atom. The molecule has 0 fully saturated rings. The smallest absolute Gasteiger partial charge is 0.328 e. The number of alkyl halides is 1. The van der Waals surface area contributed by atoms with Crippen LogP contribution < -0.4 is 5.32 Å². The molecule has 1 aromatic rings. The molecule has 118 valence electrons. The molecule has 1 rings (SSSR count). The highest BCUT2D eigenvalue weighted by molar-refractivity contribution is 5.83. The second-order valence-electron chi connectivity index (χ2n) is 4.48. The Hall–Kier alpha value is -2.42. The molecular weight excluding hydrogens is 292 g/mol. The molecule has 0 bridgehead atoms. The lowest BCUT2D eigenvalue weighted by molar-refractivity contribution is -0.147. The first kappa shape index (κ1) is 17.6. The first-order valence-corrected chi connectivity index (χ1v) is 6.77. The van der Waals surface area contributed by atoms with Crippen molar-refractivity contribution in [1.82, 2.24) is 5.32 Å². The molecule has 0 saturated carbocycles. The van der Waals surface area contributed by atoms with E-state index in [1.54, 1.807) is 6.92 Å². The normalized spacial score (nSPS) is 12.5. The fraction of sp³-hybridized carbons (Fsp3) is 0.375. The number of ether oxygens (including phenoxy) is 1. The largest absolute Gasteiger partial charge is 0.464 e. The van der Waals surface area contributed by atoms with Gasteiger partial charge < -0.3 is 10.1 Å². The molecule has 0 radical (unpaired) electrons. The number of hydrogen-bond acceptors (Lipinski definition) is 3. The Morgan fingerprint density at radius 2 is 1.95 bits per heavy atom. The molecule has 0 aliphatic rings. The lowest BCUT2D eigenvalue weighted by Crippen LogP contribution is -2.42. The van der Waals surface area contributed by atoms with Gasteiger partial charge in [-0.25, -0.2) is 13.6 Å². The van der Waals surface area contributed by atoms with E-state index in [0.717, 1.165) is 0 Å². The zero-order chi connectivity index (χ0) is 16.5. The van der Waals surface area contributed by atoms with Gasteiger partial charge in [0.15, 0.2) is 6.17 Å². The van der Waals surface area contributed by atoms with Crippen molar-refractivity contribution in [3.8, 4) is 11.8 Å². The Balaban J connectivity index is 2.70. The number of esters is 1. The van der Waals surface area contributed by atoms with E-state index in [9.17, 15) is 18.4 Å². The van der Waals surface area contributed by atoms with E-state index in [2.05, 4.69) is 17.2 Å². The molecule has 1 N–H and O–H groups in total. The molecule has 0 aliphatic carbocycles. The highest BCUT2D eigenvalue weighted by Gasteiger charge is 2.24. The molecular formula is C16H17F2NO3. The minimum atomic E-state index is -1.63. The van der Waals surface area contributed by atoms with E-state index in [1.165, 1.54) is 31.2 Å². The van der Waals surface area contributed by atoms with E-state index in [0.29, 0.717) is 5.56 Å². The topological polar surface area (TPSA) is 55.4 Å². The second-order valence-corrected chi connectivity index (χ2v) is 4.48. The van der Waals surface area contributed by atoms with E-state index in [1.807, 2.05) is 0 Å². The predicted molar refractivity (Wildman–Crippen MR) is 77.0 cm³/mol. The van der Waals surface area contributed by atoms with Crippen LogP contribution in [0.1, 0.15) is 25.8 Å². The molecule has 1 amide bonds. The first-order valence-electron chi connectivity index (χ1n) is 6.77. The number of carbonyl (C=O) groups excluding carboxylic acids is 2. The van der Waals surface area contributed by atoms with Crippen LogP contribution in [-0.2, 0) is 14.3 Å². The van der Waals surface area contributed by atoms with Crippen LogP contribution in [0.5, 0.6) is 0 Å². The van der Waals surface area contributed by atoms with Crippen LogP contribution in [0, 0.1) is 17.7 Å². The molecule has 0 spiro atoms. The summed E-state index contributed by atoms with van der Waals surface area (Å²) in [4.78, 5) is 22.7. The van der Waals surface area contributed by atoms with Gasteiger partial charge in [0.1, 0.15) is 11.9 Å². The lowest BCUT2D eigenvalue weighted by Gasteiger charge is -2.16. The second kappa shape index (κ2) is 8.78. The summed E-state index contributed by atoms with van der Waals surface area (Å²) in [5, 5.41) is 2.33. The molecule has 1 aromatic carbocycles. The number of amides is 1. The summed E-state index contributed by atoms with van der Waals surface area (Å²) in [6, 6.07) is 4.19. The minimum absolute atomic E-state index is 0.132. The Labute approximate surface area is 127 Å². The van der Waals surface area contributed by atoms with Crippen LogP contribution in [0.2, 0.25) is 0 Å². The SMILES string of the molecule is CCOC(=O)[C@H](C[C@H](F)C#Cc1ccc(F)cc1)NC(C)=O. The van der Waals surface area contributed by atoms with Gasteiger partial charge >= 0.3 is 5.97 Å². The summed E-state index contributed by atoms with van der Waals surface area (Å²) in [7, 11) is 0. The third-order valence-electron chi connectivity index (χ3n) is 2.61. The van der Waals surface area contributed by atoms with Crippen LogP contribution in [0.4, 0.5) is 8.78 Å². The van der Waals surface area contributed by atoms with Crippen molar-refractivity contribution in [2.45, 2.75) is 32.5 Å². The molecule has 0 aromatic heterocycles. The highest BCUT2D eigenvalue weighted by Crippen LogP contribution is 2.06. The van der Waals surface area contributed by atoms with Gasteiger partial charge in [-0.3, -0.25) is 4.79 Å². The van der Waals surface area contributed by atoms with Crippen LogP contribution >= 0.6 is 0 Å². The first-order chi connectivity index (χ1) is 10.4. The van der Waals surface area contributed by atoms with E-state index < -0.39 is 29.9 Å². The van der Waals surface area contributed by atoms with Gasteiger partial charge in [-0.1, -0.05) is 11.8 Å². The van der Waals surface area contributed by atoms with Gasteiger partial charge in [-0.2, -0.15) is 0 Å². The van der Waals surface area contributed by atoms with E-state index in [-0.39, 0.29) is 13.0 Å². The highest BCUT2D eigenvalue weighted by atomic mass is 19.1. The average Bonchev–Trinajstić information content (AvgIpc) is 2.46. The summed E-state index contributed by atoms with van der Waals surface area (Å²) in [6.45, 7) is 2.97. The zero-order valence-electron chi connectivity index (χ0n) is 12.4. The summed E-state index contributed by atoms with van der Waals surface area (Å²) in [6.07, 6.45) is -1.95. The van der Waals surface area contributed by atoms with Crippen molar-refractivity contribution in [2.24, 2.45) is 0 Å². The fourth-order valence-corrected chi connectivity index (χ4v) is 1.66. The molecule has 0 aliphatic heterocycles.